The van der Waals surface area contributed by atoms with Crippen molar-refractivity contribution in [1.82, 2.24) is 15.0 Å². The number of aryl methyl sites for hydroxylation is 1. The van der Waals surface area contributed by atoms with Crippen LogP contribution in [0.15, 0.2) is 66.7 Å². The summed E-state index contributed by atoms with van der Waals surface area (Å²) >= 11 is 0. The average Bonchev–Trinajstić information content (AvgIpc) is 3.05. The number of carbonyl (C=O) groups excluding carboxylic acids is 1. The van der Waals surface area contributed by atoms with E-state index in [2.05, 4.69) is 28.5 Å². The van der Waals surface area contributed by atoms with Gasteiger partial charge in [-0.05, 0) is 23.9 Å². The van der Waals surface area contributed by atoms with Gasteiger partial charge in [0.15, 0.2) is 12.0 Å². The van der Waals surface area contributed by atoms with Crippen LogP contribution in [0.5, 0.6) is 0 Å². The normalized spacial score (nSPS) is 10.9. The predicted molar refractivity (Wildman–Crippen MR) is 94.4 cm³/mol. The molecule has 4 rings (SSSR count). The SMILES string of the molecule is Cc1ccccc1-c1c(C=O)nnn1-c1cccc2ccccc12. The summed E-state index contributed by atoms with van der Waals surface area (Å²) in [5.74, 6) is 0. The van der Waals surface area contributed by atoms with Crippen molar-refractivity contribution in [1.29, 1.82) is 0 Å². The highest BCUT2D eigenvalue weighted by Crippen LogP contribution is 2.30. The van der Waals surface area contributed by atoms with Crippen LogP contribution in [0.4, 0.5) is 0 Å². The number of hydrogen-bond donors (Lipinski definition) is 0. The second-order valence-corrected chi connectivity index (χ2v) is 5.67. The third-order valence-electron chi connectivity index (χ3n) is 4.20. The zero-order valence-electron chi connectivity index (χ0n) is 13.2. The highest BCUT2D eigenvalue weighted by molar-refractivity contribution is 5.92. The lowest BCUT2D eigenvalue weighted by Crippen LogP contribution is -2.02. The summed E-state index contributed by atoms with van der Waals surface area (Å²) < 4.78 is 1.76. The topological polar surface area (TPSA) is 47.8 Å². The molecule has 0 aliphatic rings. The molecule has 24 heavy (non-hydrogen) atoms. The molecule has 0 unspecified atom stereocenters. The first-order chi connectivity index (χ1) is 11.8. The summed E-state index contributed by atoms with van der Waals surface area (Å²) in [4.78, 5) is 11.5. The van der Waals surface area contributed by atoms with E-state index >= 15 is 0 Å². The Kier molecular flexibility index (Phi) is 3.43. The van der Waals surface area contributed by atoms with E-state index in [0.717, 1.165) is 39.6 Å². The summed E-state index contributed by atoms with van der Waals surface area (Å²) in [6.07, 6.45) is 0.760. The minimum Gasteiger partial charge on any atom is -0.296 e. The van der Waals surface area contributed by atoms with Gasteiger partial charge in [-0.25, -0.2) is 4.68 Å². The summed E-state index contributed by atoms with van der Waals surface area (Å²) in [6, 6.07) is 22.1. The smallest absolute Gasteiger partial charge is 0.172 e. The van der Waals surface area contributed by atoms with Gasteiger partial charge in [-0.3, -0.25) is 4.79 Å². The minimum absolute atomic E-state index is 0.345. The lowest BCUT2D eigenvalue weighted by atomic mass is 10.0. The highest BCUT2D eigenvalue weighted by atomic mass is 16.1. The summed E-state index contributed by atoms with van der Waals surface area (Å²) in [5, 5.41) is 10.5. The van der Waals surface area contributed by atoms with Crippen molar-refractivity contribution >= 4 is 17.1 Å². The predicted octanol–water partition coefficient (Wildman–Crippen LogP) is 4.21. The number of benzene rings is 3. The first kappa shape index (κ1) is 14.3. The average molecular weight is 313 g/mol. The molecule has 0 atom stereocenters. The molecule has 1 heterocycles. The Labute approximate surface area is 139 Å². The Morgan fingerprint density at radius 2 is 1.67 bits per heavy atom. The Morgan fingerprint density at radius 3 is 2.50 bits per heavy atom. The fourth-order valence-corrected chi connectivity index (χ4v) is 3.03. The van der Waals surface area contributed by atoms with Crippen molar-refractivity contribution in [2.45, 2.75) is 6.92 Å². The number of fused-ring (bicyclic) bond motifs is 1. The molecule has 0 saturated carbocycles. The second-order valence-electron chi connectivity index (χ2n) is 5.67. The molecule has 116 valence electrons. The standard InChI is InChI=1S/C20H15N3O/c1-14-7-2-4-10-16(14)20-18(13-24)21-22-23(20)19-12-6-9-15-8-3-5-11-17(15)19/h2-13H,1H3. The molecular formula is C20H15N3O. The van der Waals surface area contributed by atoms with E-state index in [1.165, 1.54) is 0 Å². The van der Waals surface area contributed by atoms with Crippen molar-refractivity contribution in [3.05, 3.63) is 78.0 Å². The number of nitrogens with zero attached hydrogens (tertiary/aromatic N) is 3. The molecule has 0 aliphatic heterocycles. The molecule has 3 aromatic carbocycles. The molecule has 0 radical (unpaired) electrons. The second kappa shape index (κ2) is 5.74. The van der Waals surface area contributed by atoms with E-state index in [9.17, 15) is 4.79 Å². The molecule has 0 N–H and O–H groups in total. The first-order valence-corrected chi connectivity index (χ1v) is 7.74. The molecule has 0 bridgehead atoms. The molecule has 0 aliphatic carbocycles. The van der Waals surface area contributed by atoms with Crippen LogP contribution in [-0.2, 0) is 0 Å². The number of aldehydes is 1. The lowest BCUT2D eigenvalue weighted by molar-refractivity contribution is 0.111. The lowest BCUT2D eigenvalue weighted by Gasteiger charge is -2.11. The van der Waals surface area contributed by atoms with Crippen LogP contribution < -0.4 is 0 Å². The Bertz CT molecular complexity index is 1040. The van der Waals surface area contributed by atoms with Crippen LogP contribution in [0.25, 0.3) is 27.7 Å². The van der Waals surface area contributed by atoms with E-state index in [0.29, 0.717) is 5.69 Å². The van der Waals surface area contributed by atoms with E-state index in [-0.39, 0.29) is 0 Å². The third-order valence-corrected chi connectivity index (χ3v) is 4.20. The number of carbonyl (C=O) groups is 1. The largest absolute Gasteiger partial charge is 0.296 e. The minimum atomic E-state index is 0.345. The third kappa shape index (κ3) is 2.20. The zero-order valence-corrected chi connectivity index (χ0v) is 13.2. The Balaban J connectivity index is 2.05. The van der Waals surface area contributed by atoms with Crippen LogP contribution in [0.1, 0.15) is 16.1 Å². The first-order valence-electron chi connectivity index (χ1n) is 7.74. The molecule has 4 nitrogen and oxygen atoms in total. The van der Waals surface area contributed by atoms with Crippen molar-refractivity contribution in [3.63, 3.8) is 0 Å². The molecule has 1 aromatic heterocycles. The van der Waals surface area contributed by atoms with E-state index < -0.39 is 0 Å². The van der Waals surface area contributed by atoms with Crippen LogP contribution in [0, 0.1) is 6.92 Å². The molecule has 4 heteroatoms. The molecule has 0 saturated heterocycles. The van der Waals surface area contributed by atoms with Crippen LogP contribution in [-0.4, -0.2) is 21.3 Å². The summed E-state index contributed by atoms with van der Waals surface area (Å²) in [7, 11) is 0. The number of rotatable bonds is 3. The van der Waals surface area contributed by atoms with E-state index in [1.54, 1.807) is 4.68 Å². The maximum absolute atomic E-state index is 11.5. The van der Waals surface area contributed by atoms with Gasteiger partial charge in [-0.15, -0.1) is 5.10 Å². The van der Waals surface area contributed by atoms with Gasteiger partial charge in [0.2, 0.25) is 0 Å². The van der Waals surface area contributed by atoms with Crippen LogP contribution in [0.3, 0.4) is 0 Å². The zero-order chi connectivity index (χ0) is 16.5. The van der Waals surface area contributed by atoms with Gasteiger partial charge in [0.1, 0.15) is 5.69 Å². The van der Waals surface area contributed by atoms with Crippen molar-refractivity contribution in [2.24, 2.45) is 0 Å². The highest BCUT2D eigenvalue weighted by Gasteiger charge is 2.18. The summed E-state index contributed by atoms with van der Waals surface area (Å²) in [6.45, 7) is 2.02. The molecular weight excluding hydrogens is 298 g/mol. The van der Waals surface area contributed by atoms with Gasteiger partial charge in [0.25, 0.3) is 0 Å². The van der Waals surface area contributed by atoms with Gasteiger partial charge in [-0.2, -0.15) is 0 Å². The fourth-order valence-electron chi connectivity index (χ4n) is 3.03. The monoisotopic (exact) mass is 313 g/mol. The molecule has 0 amide bonds. The quantitative estimate of drug-likeness (QED) is 0.532. The van der Waals surface area contributed by atoms with Crippen LogP contribution >= 0.6 is 0 Å². The van der Waals surface area contributed by atoms with Gasteiger partial charge >= 0.3 is 0 Å². The maximum Gasteiger partial charge on any atom is 0.172 e. The van der Waals surface area contributed by atoms with Gasteiger partial charge < -0.3 is 0 Å². The molecule has 4 aromatic rings. The fraction of sp³-hybridized carbons (Fsp3) is 0.0500. The Hall–Kier alpha value is -3.27. The van der Waals surface area contributed by atoms with Gasteiger partial charge in [-0.1, -0.05) is 65.9 Å². The Morgan fingerprint density at radius 1 is 0.917 bits per heavy atom. The number of hydrogen-bond acceptors (Lipinski definition) is 3. The van der Waals surface area contributed by atoms with Crippen molar-refractivity contribution < 1.29 is 4.79 Å². The van der Waals surface area contributed by atoms with E-state index in [1.807, 2.05) is 55.5 Å². The molecule has 0 spiro atoms. The van der Waals surface area contributed by atoms with Crippen LogP contribution in [0.2, 0.25) is 0 Å². The number of aromatic nitrogens is 3. The molecule has 0 fully saturated rings. The summed E-state index contributed by atoms with van der Waals surface area (Å²) in [5.41, 5.74) is 4.01. The van der Waals surface area contributed by atoms with Gasteiger partial charge in [0.05, 0.1) is 5.69 Å². The maximum atomic E-state index is 11.5. The van der Waals surface area contributed by atoms with Gasteiger partial charge in [0, 0.05) is 10.9 Å². The van der Waals surface area contributed by atoms with Crippen molar-refractivity contribution in [2.75, 3.05) is 0 Å². The van der Waals surface area contributed by atoms with E-state index in [4.69, 9.17) is 0 Å². The van der Waals surface area contributed by atoms with Crippen molar-refractivity contribution in [3.8, 4) is 16.9 Å².